The van der Waals surface area contributed by atoms with Crippen molar-refractivity contribution in [1.29, 1.82) is 0 Å². The quantitative estimate of drug-likeness (QED) is 0.393. The van der Waals surface area contributed by atoms with Crippen LogP contribution in [0, 0.1) is 0 Å². The van der Waals surface area contributed by atoms with E-state index in [2.05, 4.69) is 0 Å². The van der Waals surface area contributed by atoms with Crippen molar-refractivity contribution in [1.82, 2.24) is 4.90 Å². The fourth-order valence-corrected chi connectivity index (χ4v) is 2.67. The zero-order valence-electron chi connectivity index (χ0n) is 7.95. The average Bonchev–Trinajstić information content (AvgIpc) is 2.41. The average molecular weight is 203 g/mol. The van der Waals surface area contributed by atoms with Crippen LogP contribution < -0.4 is 0 Å². The van der Waals surface area contributed by atoms with Crippen LogP contribution in [0.2, 0.25) is 0 Å². The Bertz CT molecular complexity index is 213. The maximum absolute atomic E-state index is 9.70. The van der Waals surface area contributed by atoms with Gasteiger partial charge in [0.2, 0.25) is 0 Å². The smallest absolute Gasteiger partial charge is 0.0995 e. The molecular formula is C9H17NO4. The summed E-state index contributed by atoms with van der Waals surface area (Å²) in [5.41, 5.74) is 0. The van der Waals surface area contributed by atoms with Crippen LogP contribution in [0.5, 0.6) is 0 Å². The van der Waals surface area contributed by atoms with Crippen LogP contribution in [0.4, 0.5) is 0 Å². The van der Waals surface area contributed by atoms with E-state index in [-0.39, 0.29) is 6.61 Å². The molecule has 5 atom stereocenters. The van der Waals surface area contributed by atoms with Gasteiger partial charge in [-0.15, -0.1) is 0 Å². The largest absolute Gasteiger partial charge is 0.395 e. The number of rotatable bonds is 1. The molecule has 0 spiro atoms. The van der Waals surface area contributed by atoms with E-state index in [0.717, 1.165) is 13.0 Å². The lowest BCUT2D eigenvalue weighted by Gasteiger charge is -2.36. The molecule has 2 aliphatic heterocycles. The van der Waals surface area contributed by atoms with Gasteiger partial charge in [0.05, 0.1) is 37.0 Å². The molecular weight excluding hydrogens is 186 g/mol. The topological polar surface area (TPSA) is 84.2 Å². The van der Waals surface area contributed by atoms with E-state index in [0.29, 0.717) is 6.42 Å². The third kappa shape index (κ3) is 1.36. The summed E-state index contributed by atoms with van der Waals surface area (Å²) in [5, 5.41) is 38.1. The summed E-state index contributed by atoms with van der Waals surface area (Å²) < 4.78 is 0. The van der Waals surface area contributed by atoms with E-state index >= 15 is 0 Å². The summed E-state index contributed by atoms with van der Waals surface area (Å²) in [6, 6.07) is -0.833. The van der Waals surface area contributed by atoms with Crippen LogP contribution in [0.1, 0.15) is 12.8 Å². The van der Waals surface area contributed by atoms with E-state index in [1.807, 2.05) is 4.90 Å². The molecule has 2 fully saturated rings. The lowest BCUT2D eigenvalue weighted by Crippen LogP contribution is -2.51. The molecule has 4 N–H and O–H groups in total. The minimum Gasteiger partial charge on any atom is -0.395 e. The third-order valence-electron chi connectivity index (χ3n) is 3.40. The normalized spacial score (nSPS) is 49.3. The van der Waals surface area contributed by atoms with Crippen molar-refractivity contribution in [2.75, 3.05) is 13.2 Å². The van der Waals surface area contributed by atoms with Crippen LogP contribution in [0.15, 0.2) is 0 Å². The molecule has 2 heterocycles. The van der Waals surface area contributed by atoms with Crippen molar-refractivity contribution in [3.05, 3.63) is 0 Å². The summed E-state index contributed by atoms with van der Waals surface area (Å²) in [4.78, 5) is 1.82. The van der Waals surface area contributed by atoms with E-state index in [9.17, 15) is 15.3 Å². The zero-order chi connectivity index (χ0) is 10.3. The Balaban J connectivity index is 2.19. The van der Waals surface area contributed by atoms with Crippen molar-refractivity contribution in [2.45, 2.75) is 43.2 Å². The van der Waals surface area contributed by atoms with Gasteiger partial charge in [-0.1, -0.05) is 0 Å². The van der Waals surface area contributed by atoms with Gasteiger partial charge in [-0.2, -0.15) is 0 Å². The van der Waals surface area contributed by atoms with Crippen LogP contribution in [-0.4, -0.2) is 68.9 Å². The molecule has 5 heteroatoms. The molecule has 2 saturated heterocycles. The van der Waals surface area contributed by atoms with Gasteiger partial charge in [-0.25, -0.2) is 0 Å². The number of aliphatic hydroxyl groups excluding tert-OH is 4. The Morgan fingerprint density at radius 3 is 2.50 bits per heavy atom. The van der Waals surface area contributed by atoms with Gasteiger partial charge in [0.15, 0.2) is 0 Å². The van der Waals surface area contributed by atoms with Crippen LogP contribution in [0.25, 0.3) is 0 Å². The highest BCUT2D eigenvalue weighted by Gasteiger charge is 2.51. The van der Waals surface area contributed by atoms with Gasteiger partial charge in [0.1, 0.15) is 0 Å². The Morgan fingerprint density at radius 2 is 1.86 bits per heavy atom. The molecule has 0 radical (unpaired) electrons. The maximum Gasteiger partial charge on any atom is 0.0995 e. The first kappa shape index (κ1) is 10.3. The lowest BCUT2D eigenvalue weighted by atomic mass is 9.97. The highest BCUT2D eigenvalue weighted by Crippen LogP contribution is 2.32. The van der Waals surface area contributed by atoms with Crippen LogP contribution >= 0.6 is 0 Å². The van der Waals surface area contributed by atoms with E-state index in [4.69, 9.17) is 5.11 Å². The molecule has 0 aromatic carbocycles. The van der Waals surface area contributed by atoms with Crippen molar-refractivity contribution >= 4 is 0 Å². The summed E-state index contributed by atoms with van der Waals surface area (Å²) in [5.74, 6) is 0. The molecule has 0 bridgehead atoms. The first-order valence-electron chi connectivity index (χ1n) is 5.07. The molecule has 0 aromatic heterocycles. The second-order valence-corrected chi connectivity index (χ2v) is 4.17. The van der Waals surface area contributed by atoms with Gasteiger partial charge < -0.3 is 20.4 Å². The molecule has 0 unspecified atom stereocenters. The second-order valence-electron chi connectivity index (χ2n) is 4.17. The summed E-state index contributed by atoms with van der Waals surface area (Å²) in [6.45, 7) is 0.544. The van der Waals surface area contributed by atoms with Gasteiger partial charge in [0, 0.05) is 0 Å². The standard InChI is InChI=1S/C9H17NO4/c11-4-5-8(13)9(14)7-6(12)2-1-3-10(5)7/h5-9,11-14H,1-4H2/t5-,6-,7+,8-,9-/m1/s1. The van der Waals surface area contributed by atoms with Gasteiger partial charge >= 0.3 is 0 Å². The molecule has 0 aliphatic carbocycles. The fraction of sp³-hybridized carbons (Fsp3) is 1.00. The van der Waals surface area contributed by atoms with Gasteiger partial charge in [-0.05, 0) is 19.4 Å². The van der Waals surface area contributed by atoms with Crippen molar-refractivity contribution < 1.29 is 20.4 Å². The Hall–Kier alpha value is -0.200. The van der Waals surface area contributed by atoms with E-state index in [1.54, 1.807) is 0 Å². The Morgan fingerprint density at radius 1 is 1.14 bits per heavy atom. The van der Waals surface area contributed by atoms with Gasteiger partial charge in [-0.3, -0.25) is 4.90 Å². The first-order valence-corrected chi connectivity index (χ1v) is 5.07. The predicted octanol–water partition coefficient (Wildman–Crippen LogP) is -2.09. The molecule has 5 nitrogen and oxygen atoms in total. The maximum atomic E-state index is 9.70. The number of piperidine rings is 1. The number of hydrogen-bond acceptors (Lipinski definition) is 5. The number of nitrogens with zero attached hydrogens (tertiary/aromatic N) is 1. The van der Waals surface area contributed by atoms with E-state index < -0.39 is 30.4 Å². The van der Waals surface area contributed by atoms with Crippen molar-refractivity contribution in [3.8, 4) is 0 Å². The number of fused-ring (bicyclic) bond motifs is 1. The molecule has 2 rings (SSSR count). The minimum atomic E-state index is -0.947. The molecule has 0 aromatic rings. The SMILES string of the molecule is OC[C@@H]1[C@@H](O)[C@H](O)[C@@H]2[C@H](O)CCCN21. The monoisotopic (exact) mass is 203 g/mol. The van der Waals surface area contributed by atoms with Crippen molar-refractivity contribution in [2.24, 2.45) is 0 Å². The Labute approximate surface area is 82.6 Å². The molecule has 82 valence electrons. The highest BCUT2D eigenvalue weighted by molar-refractivity contribution is 5.05. The third-order valence-corrected chi connectivity index (χ3v) is 3.40. The zero-order valence-corrected chi connectivity index (χ0v) is 7.95. The predicted molar refractivity (Wildman–Crippen MR) is 48.6 cm³/mol. The van der Waals surface area contributed by atoms with E-state index in [1.165, 1.54) is 0 Å². The van der Waals surface area contributed by atoms with Crippen LogP contribution in [0.3, 0.4) is 0 Å². The summed E-state index contributed by atoms with van der Waals surface area (Å²) >= 11 is 0. The summed E-state index contributed by atoms with van der Waals surface area (Å²) in [6.07, 6.45) is -0.985. The Kier molecular flexibility index (Phi) is 2.77. The molecule has 0 amide bonds. The highest BCUT2D eigenvalue weighted by atomic mass is 16.3. The minimum absolute atomic E-state index is 0.179. The summed E-state index contributed by atoms with van der Waals surface area (Å²) in [7, 11) is 0. The molecule has 0 saturated carbocycles. The lowest BCUT2D eigenvalue weighted by molar-refractivity contribution is -0.0300. The fourth-order valence-electron chi connectivity index (χ4n) is 2.67. The molecule has 14 heavy (non-hydrogen) atoms. The number of hydrogen-bond donors (Lipinski definition) is 4. The first-order chi connectivity index (χ1) is 6.66. The van der Waals surface area contributed by atoms with Gasteiger partial charge in [0.25, 0.3) is 0 Å². The number of aliphatic hydroxyl groups is 4. The van der Waals surface area contributed by atoms with Crippen LogP contribution in [-0.2, 0) is 0 Å². The second kappa shape index (κ2) is 3.75. The molecule has 2 aliphatic rings. The van der Waals surface area contributed by atoms with Crippen molar-refractivity contribution in [3.63, 3.8) is 0 Å².